The van der Waals surface area contributed by atoms with E-state index in [4.69, 9.17) is 5.73 Å². The maximum Gasteiger partial charge on any atom is 0.193 e. The number of hydrogen-bond acceptors (Lipinski definition) is 3. The van der Waals surface area contributed by atoms with Gasteiger partial charge in [0.2, 0.25) is 0 Å². The van der Waals surface area contributed by atoms with Crippen LogP contribution in [0.25, 0.3) is 0 Å². The van der Waals surface area contributed by atoms with Crippen LogP contribution in [0.15, 0.2) is 42.5 Å². The van der Waals surface area contributed by atoms with E-state index in [2.05, 4.69) is 0 Å². The molecule has 0 fully saturated rings. The first-order chi connectivity index (χ1) is 8.61. The first-order valence-corrected chi connectivity index (χ1v) is 5.84. The highest BCUT2D eigenvalue weighted by Crippen LogP contribution is 2.20. The molecule has 0 aromatic heterocycles. The zero-order valence-electron chi connectivity index (χ0n) is 10.2. The fraction of sp³-hybridized carbons (Fsp3) is 0.133. The molecule has 3 N–H and O–H groups in total. The smallest absolute Gasteiger partial charge is 0.193 e. The Kier molecular flexibility index (Phi) is 3.33. The van der Waals surface area contributed by atoms with Crippen LogP contribution in [0.5, 0.6) is 5.75 Å². The SMILES string of the molecule is CCc1cc(O)ccc1C(=O)c1ccc(N)cc1. The van der Waals surface area contributed by atoms with Gasteiger partial charge in [-0.05, 0) is 54.4 Å². The van der Waals surface area contributed by atoms with Gasteiger partial charge in [0, 0.05) is 16.8 Å². The van der Waals surface area contributed by atoms with Crippen LogP contribution in [0.4, 0.5) is 5.69 Å². The van der Waals surface area contributed by atoms with Gasteiger partial charge >= 0.3 is 0 Å². The van der Waals surface area contributed by atoms with Gasteiger partial charge in [-0.15, -0.1) is 0 Å². The second-order valence-corrected chi connectivity index (χ2v) is 4.15. The van der Waals surface area contributed by atoms with Gasteiger partial charge in [0.05, 0.1) is 0 Å². The van der Waals surface area contributed by atoms with Crippen LogP contribution in [-0.4, -0.2) is 10.9 Å². The number of anilines is 1. The number of aryl methyl sites for hydroxylation is 1. The van der Waals surface area contributed by atoms with Crippen molar-refractivity contribution in [2.45, 2.75) is 13.3 Å². The van der Waals surface area contributed by atoms with Crippen molar-refractivity contribution in [3.63, 3.8) is 0 Å². The summed E-state index contributed by atoms with van der Waals surface area (Å²) in [6, 6.07) is 11.7. The fourth-order valence-corrected chi connectivity index (χ4v) is 1.88. The van der Waals surface area contributed by atoms with Crippen LogP contribution < -0.4 is 5.73 Å². The molecule has 0 saturated heterocycles. The first-order valence-electron chi connectivity index (χ1n) is 5.84. The Balaban J connectivity index is 2.42. The Hall–Kier alpha value is -2.29. The minimum atomic E-state index is -0.0492. The van der Waals surface area contributed by atoms with E-state index in [1.807, 2.05) is 6.92 Å². The van der Waals surface area contributed by atoms with Gasteiger partial charge in [0.25, 0.3) is 0 Å². The van der Waals surface area contributed by atoms with Gasteiger partial charge in [-0.25, -0.2) is 0 Å². The van der Waals surface area contributed by atoms with E-state index in [9.17, 15) is 9.90 Å². The number of ketones is 1. The van der Waals surface area contributed by atoms with E-state index in [1.165, 1.54) is 6.07 Å². The molecule has 92 valence electrons. The fourth-order valence-electron chi connectivity index (χ4n) is 1.88. The van der Waals surface area contributed by atoms with E-state index < -0.39 is 0 Å². The van der Waals surface area contributed by atoms with Gasteiger partial charge in [-0.2, -0.15) is 0 Å². The van der Waals surface area contributed by atoms with Crippen LogP contribution in [0.1, 0.15) is 28.4 Å². The second-order valence-electron chi connectivity index (χ2n) is 4.15. The predicted octanol–water partition coefficient (Wildman–Crippen LogP) is 2.77. The molecule has 2 aromatic rings. The molecule has 0 aliphatic heterocycles. The van der Waals surface area contributed by atoms with Crippen molar-refractivity contribution in [2.24, 2.45) is 0 Å². The number of phenolic OH excluding ortho intramolecular Hbond substituents is 1. The van der Waals surface area contributed by atoms with Crippen molar-refractivity contribution in [2.75, 3.05) is 5.73 Å². The van der Waals surface area contributed by atoms with Gasteiger partial charge in [-0.1, -0.05) is 6.92 Å². The summed E-state index contributed by atoms with van der Waals surface area (Å²) in [6.45, 7) is 1.95. The zero-order valence-corrected chi connectivity index (χ0v) is 10.2. The third-order valence-corrected chi connectivity index (χ3v) is 2.89. The summed E-state index contributed by atoms with van der Waals surface area (Å²) in [5, 5.41) is 9.43. The number of carbonyl (C=O) groups excluding carboxylic acids is 1. The third-order valence-electron chi connectivity index (χ3n) is 2.89. The molecular weight excluding hydrogens is 226 g/mol. The Labute approximate surface area is 106 Å². The minimum absolute atomic E-state index is 0.0492. The number of nitrogen functional groups attached to an aromatic ring is 1. The van der Waals surface area contributed by atoms with Gasteiger partial charge in [0.15, 0.2) is 5.78 Å². The topological polar surface area (TPSA) is 63.3 Å². The van der Waals surface area contributed by atoms with Crippen molar-refractivity contribution < 1.29 is 9.90 Å². The van der Waals surface area contributed by atoms with Crippen LogP contribution in [0, 0.1) is 0 Å². The highest BCUT2D eigenvalue weighted by molar-refractivity contribution is 6.10. The molecule has 0 heterocycles. The summed E-state index contributed by atoms with van der Waals surface area (Å²) >= 11 is 0. The largest absolute Gasteiger partial charge is 0.508 e. The monoisotopic (exact) mass is 241 g/mol. The predicted molar refractivity (Wildman–Crippen MR) is 71.8 cm³/mol. The van der Waals surface area contributed by atoms with E-state index in [0.717, 1.165) is 5.56 Å². The maximum atomic E-state index is 12.3. The Bertz CT molecular complexity index is 574. The number of carbonyl (C=O) groups is 1. The molecule has 0 aliphatic carbocycles. The first kappa shape index (κ1) is 12.2. The number of hydrogen-bond donors (Lipinski definition) is 2. The lowest BCUT2D eigenvalue weighted by Crippen LogP contribution is -2.05. The molecule has 0 aliphatic rings. The summed E-state index contributed by atoms with van der Waals surface area (Å²) in [5.41, 5.74) is 8.30. The van der Waals surface area contributed by atoms with Crippen molar-refractivity contribution in [3.05, 3.63) is 59.2 Å². The van der Waals surface area contributed by atoms with E-state index in [-0.39, 0.29) is 11.5 Å². The summed E-state index contributed by atoms with van der Waals surface area (Å²) < 4.78 is 0. The van der Waals surface area contributed by atoms with Crippen molar-refractivity contribution in [1.82, 2.24) is 0 Å². The summed E-state index contributed by atoms with van der Waals surface area (Å²) in [4.78, 5) is 12.3. The number of aromatic hydroxyl groups is 1. The molecule has 0 atom stereocenters. The zero-order chi connectivity index (χ0) is 13.1. The van der Waals surface area contributed by atoms with Crippen molar-refractivity contribution in [3.8, 4) is 5.75 Å². The summed E-state index contributed by atoms with van der Waals surface area (Å²) in [5.74, 6) is 0.132. The molecule has 0 unspecified atom stereocenters. The molecule has 0 bridgehead atoms. The second kappa shape index (κ2) is 4.92. The summed E-state index contributed by atoms with van der Waals surface area (Å²) in [6.07, 6.45) is 0.699. The molecule has 2 rings (SSSR count). The molecule has 0 spiro atoms. The lowest BCUT2D eigenvalue weighted by Gasteiger charge is -2.08. The van der Waals surface area contributed by atoms with Crippen molar-refractivity contribution >= 4 is 11.5 Å². The molecule has 0 radical (unpaired) electrons. The van der Waals surface area contributed by atoms with Crippen LogP contribution in [0.3, 0.4) is 0 Å². The average molecular weight is 241 g/mol. The Morgan fingerprint density at radius 3 is 2.44 bits per heavy atom. The average Bonchev–Trinajstić information content (AvgIpc) is 2.38. The highest BCUT2D eigenvalue weighted by Gasteiger charge is 2.13. The Morgan fingerprint density at radius 1 is 1.17 bits per heavy atom. The molecule has 0 amide bonds. The number of nitrogens with two attached hydrogens (primary N) is 1. The van der Waals surface area contributed by atoms with E-state index in [0.29, 0.717) is 23.2 Å². The quantitative estimate of drug-likeness (QED) is 0.641. The number of benzene rings is 2. The highest BCUT2D eigenvalue weighted by atomic mass is 16.3. The molecule has 3 heteroatoms. The van der Waals surface area contributed by atoms with Gasteiger partial charge in [-0.3, -0.25) is 4.79 Å². The third kappa shape index (κ3) is 2.35. The van der Waals surface area contributed by atoms with Crippen LogP contribution in [0.2, 0.25) is 0 Å². The van der Waals surface area contributed by atoms with Gasteiger partial charge < -0.3 is 10.8 Å². The maximum absolute atomic E-state index is 12.3. The molecule has 2 aromatic carbocycles. The van der Waals surface area contributed by atoms with E-state index >= 15 is 0 Å². The van der Waals surface area contributed by atoms with Crippen molar-refractivity contribution in [1.29, 1.82) is 0 Å². The molecular formula is C15H15NO2. The molecule has 3 nitrogen and oxygen atoms in total. The molecule has 0 saturated carbocycles. The Morgan fingerprint density at radius 2 is 1.83 bits per heavy atom. The standard InChI is InChI=1S/C15H15NO2/c1-2-10-9-13(17)7-8-14(10)15(18)11-3-5-12(16)6-4-11/h3-9,17H,2,16H2,1H3. The van der Waals surface area contributed by atoms with Crippen LogP contribution >= 0.6 is 0 Å². The lowest BCUT2D eigenvalue weighted by atomic mass is 9.96. The molecule has 18 heavy (non-hydrogen) atoms. The lowest BCUT2D eigenvalue weighted by molar-refractivity contribution is 0.103. The van der Waals surface area contributed by atoms with Gasteiger partial charge in [0.1, 0.15) is 5.75 Å². The van der Waals surface area contributed by atoms with Crippen LogP contribution in [-0.2, 0) is 6.42 Å². The number of phenols is 1. The summed E-state index contributed by atoms with van der Waals surface area (Å²) in [7, 11) is 0. The minimum Gasteiger partial charge on any atom is -0.508 e. The number of rotatable bonds is 3. The van der Waals surface area contributed by atoms with E-state index in [1.54, 1.807) is 36.4 Å². The normalized spacial score (nSPS) is 10.3.